The standard InChI is InChI=1S/C18H15N5O6S2/c1-29-17-10-15(19-11-20-17)22-31(27,28)14-6-2-12(3-7-14)21-16(24)8-4-13-5-9-18(30-13)23(25)26/h2-11H,1H3,(H,21,24)(H,19,20,22). The number of methoxy groups -OCH3 is 1. The lowest BCUT2D eigenvalue weighted by Crippen LogP contribution is -2.14. The van der Waals surface area contributed by atoms with E-state index in [9.17, 15) is 23.3 Å². The number of nitro groups is 1. The molecule has 0 bridgehead atoms. The van der Waals surface area contributed by atoms with Gasteiger partial charge in [-0.3, -0.25) is 19.6 Å². The van der Waals surface area contributed by atoms with E-state index in [-0.39, 0.29) is 21.6 Å². The van der Waals surface area contributed by atoms with Crippen LogP contribution in [0.5, 0.6) is 5.88 Å². The number of ether oxygens (including phenoxy) is 1. The molecular weight excluding hydrogens is 446 g/mol. The van der Waals surface area contributed by atoms with Crippen molar-refractivity contribution in [2.75, 3.05) is 17.1 Å². The van der Waals surface area contributed by atoms with Crippen LogP contribution in [-0.2, 0) is 14.8 Å². The van der Waals surface area contributed by atoms with Crippen molar-refractivity contribution in [3.8, 4) is 5.88 Å². The van der Waals surface area contributed by atoms with Crippen LogP contribution in [0.25, 0.3) is 6.08 Å². The largest absolute Gasteiger partial charge is 0.481 e. The first-order valence-corrected chi connectivity index (χ1v) is 10.8. The van der Waals surface area contributed by atoms with Crippen LogP contribution in [0, 0.1) is 10.1 Å². The van der Waals surface area contributed by atoms with Crippen LogP contribution < -0.4 is 14.8 Å². The molecule has 0 saturated carbocycles. The fourth-order valence-electron chi connectivity index (χ4n) is 2.29. The highest BCUT2D eigenvalue weighted by atomic mass is 32.2. The molecule has 13 heteroatoms. The second kappa shape index (κ2) is 9.32. The number of carbonyl (C=O) groups is 1. The zero-order valence-corrected chi connectivity index (χ0v) is 17.5. The van der Waals surface area contributed by atoms with Crippen molar-refractivity contribution in [1.82, 2.24) is 9.97 Å². The zero-order valence-electron chi connectivity index (χ0n) is 15.9. The molecule has 31 heavy (non-hydrogen) atoms. The van der Waals surface area contributed by atoms with Gasteiger partial charge in [0.1, 0.15) is 12.1 Å². The van der Waals surface area contributed by atoms with Crippen molar-refractivity contribution in [2.45, 2.75) is 4.90 Å². The molecule has 160 valence electrons. The molecule has 0 unspecified atom stereocenters. The molecule has 2 aromatic heterocycles. The SMILES string of the molecule is COc1cc(NS(=O)(=O)c2ccc(NC(=O)C=Cc3ccc([N+](=O)[O-])s3)cc2)ncn1. The minimum atomic E-state index is -3.91. The summed E-state index contributed by atoms with van der Waals surface area (Å²) in [5.41, 5.74) is 0.370. The number of rotatable bonds is 8. The van der Waals surface area contributed by atoms with Gasteiger partial charge in [-0.25, -0.2) is 18.4 Å². The Hall–Kier alpha value is -3.84. The number of amides is 1. The maximum absolute atomic E-state index is 12.5. The molecule has 2 N–H and O–H groups in total. The van der Waals surface area contributed by atoms with Gasteiger partial charge in [0, 0.05) is 28.8 Å². The van der Waals surface area contributed by atoms with E-state index >= 15 is 0 Å². The van der Waals surface area contributed by atoms with Gasteiger partial charge in [0.25, 0.3) is 10.0 Å². The number of hydrogen-bond acceptors (Lipinski definition) is 9. The van der Waals surface area contributed by atoms with Crippen molar-refractivity contribution in [1.29, 1.82) is 0 Å². The summed E-state index contributed by atoms with van der Waals surface area (Å²) < 4.78 is 32.2. The van der Waals surface area contributed by atoms with Crippen LogP contribution in [0.15, 0.2) is 59.8 Å². The van der Waals surface area contributed by atoms with Crippen LogP contribution in [0.2, 0.25) is 0 Å². The average molecular weight is 461 g/mol. The number of anilines is 2. The number of hydrogen-bond donors (Lipinski definition) is 2. The predicted molar refractivity (Wildman–Crippen MR) is 114 cm³/mol. The third-order valence-electron chi connectivity index (χ3n) is 3.71. The van der Waals surface area contributed by atoms with Crippen molar-refractivity contribution < 1.29 is 22.9 Å². The highest BCUT2D eigenvalue weighted by Gasteiger charge is 2.15. The summed E-state index contributed by atoms with van der Waals surface area (Å²) in [7, 11) is -2.51. The van der Waals surface area contributed by atoms with Crippen molar-refractivity contribution in [3.05, 3.63) is 69.9 Å². The Balaban J connectivity index is 1.64. The van der Waals surface area contributed by atoms with E-state index in [1.807, 2.05) is 0 Å². The Morgan fingerprint density at radius 2 is 1.94 bits per heavy atom. The van der Waals surface area contributed by atoms with Crippen LogP contribution in [0.4, 0.5) is 16.5 Å². The molecule has 0 atom stereocenters. The monoisotopic (exact) mass is 461 g/mol. The van der Waals surface area contributed by atoms with Crippen LogP contribution in [0.3, 0.4) is 0 Å². The highest BCUT2D eigenvalue weighted by molar-refractivity contribution is 7.92. The number of benzene rings is 1. The van der Waals surface area contributed by atoms with Gasteiger partial charge >= 0.3 is 5.00 Å². The summed E-state index contributed by atoms with van der Waals surface area (Å²) >= 11 is 0.940. The average Bonchev–Trinajstić information content (AvgIpc) is 3.22. The number of aromatic nitrogens is 2. The summed E-state index contributed by atoms with van der Waals surface area (Å²) in [6.07, 6.45) is 3.84. The molecule has 2 heterocycles. The molecule has 0 saturated heterocycles. The zero-order chi connectivity index (χ0) is 22.4. The van der Waals surface area contributed by atoms with Gasteiger partial charge in [-0.05, 0) is 36.4 Å². The number of carbonyl (C=O) groups excluding carboxylic acids is 1. The summed E-state index contributed by atoms with van der Waals surface area (Å²) in [4.78, 5) is 30.3. The van der Waals surface area contributed by atoms with E-state index < -0.39 is 20.9 Å². The van der Waals surface area contributed by atoms with Gasteiger partial charge in [0.05, 0.1) is 16.9 Å². The predicted octanol–water partition coefficient (Wildman–Crippen LogP) is 2.91. The molecule has 0 spiro atoms. The summed E-state index contributed by atoms with van der Waals surface area (Å²) in [6.45, 7) is 0. The molecule has 1 amide bonds. The second-order valence-corrected chi connectivity index (χ2v) is 8.61. The summed E-state index contributed by atoms with van der Waals surface area (Å²) in [5, 5.41) is 13.2. The van der Waals surface area contributed by atoms with E-state index in [1.54, 1.807) is 0 Å². The summed E-state index contributed by atoms with van der Waals surface area (Å²) in [5.74, 6) is -0.225. The molecule has 3 aromatic rings. The number of thiophene rings is 1. The molecule has 0 aliphatic carbocycles. The van der Waals surface area contributed by atoms with Gasteiger partial charge in [-0.1, -0.05) is 11.3 Å². The molecular formula is C18H15N5O6S2. The Bertz CT molecular complexity index is 1240. The Kier molecular flexibility index (Phi) is 6.57. The van der Waals surface area contributed by atoms with Crippen molar-refractivity contribution in [2.24, 2.45) is 0 Å². The third-order valence-corrected chi connectivity index (χ3v) is 6.09. The van der Waals surface area contributed by atoms with E-state index in [2.05, 4.69) is 20.0 Å². The van der Waals surface area contributed by atoms with E-state index in [0.29, 0.717) is 10.6 Å². The summed E-state index contributed by atoms with van der Waals surface area (Å²) in [6, 6.07) is 9.72. The first-order chi connectivity index (χ1) is 14.8. The van der Waals surface area contributed by atoms with Crippen LogP contribution >= 0.6 is 11.3 Å². The normalized spacial score (nSPS) is 11.3. The van der Waals surface area contributed by atoms with Crippen molar-refractivity contribution in [3.63, 3.8) is 0 Å². The molecule has 0 aliphatic rings. The lowest BCUT2D eigenvalue weighted by Gasteiger charge is -2.09. The molecule has 0 fully saturated rings. The minimum Gasteiger partial charge on any atom is -0.481 e. The maximum atomic E-state index is 12.5. The highest BCUT2D eigenvalue weighted by Crippen LogP contribution is 2.25. The quantitative estimate of drug-likeness (QED) is 0.295. The molecule has 1 aromatic carbocycles. The molecule has 0 radical (unpaired) electrons. The Labute approximate surface area is 180 Å². The fourth-order valence-corrected chi connectivity index (χ4v) is 4.02. The van der Waals surface area contributed by atoms with E-state index in [4.69, 9.17) is 4.74 Å². The molecule has 11 nitrogen and oxygen atoms in total. The van der Waals surface area contributed by atoms with Gasteiger partial charge in [0.15, 0.2) is 0 Å². The topological polar surface area (TPSA) is 153 Å². The maximum Gasteiger partial charge on any atom is 0.324 e. The van der Waals surface area contributed by atoms with E-state index in [0.717, 1.165) is 17.7 Å². The first kappa shape index (κ1) is 21.9. The second-order valence-electron chi connectivity index (χ2n) is 5.83. The van der Waals surface area contributed by atoms with Gasteiger partial charge < -0.3 is 10.1 Å². The Morgan fingerprint density at radius 3 is 2.58 bits per heavy atom. The number of nitrogens with one attached hydrogen (secondary N) is 2. The van der Waals surface area contributed by atoms with Crippen LogP contribution in [0.1, 0.15) is 4.88 Å². The van der Waals surface area contributed by atoms with Gasteiger partial charge in [0.2, 0.25) is 11.8 Å². The van der Waals surface area contributed by atoms with Crippen molar-refractivity contribution >= 4 is 49.8 Å². The Morgan fingerprint density at radius 1 is 1.19 bits per heavy atom. The minimum absolute atomic E-state index is 0.0223. The van der Waals surface area contributed by atoms with Crippen LogP contribution in [-0.4, -0.2) is 36.3 Å². The fraction of sp³-hybridized carbons (Fsp3) is 0.0556. The third kappa shape index (κ3) is 5.83. The van der Waals surface area contributed by atoms with E-state index in [1.165, 1.54) is 61.7 Å². The molecule has 0 aliphatic heterocycles. The number of nitrogens with zero attached hydrogens (tertiary/aromatic N) is 3. The first-order valence-electron chi connectivity index (χ1n) is 8.49. The van der Waals surface area contributed by atoms with Gasteiger partial charge in [-0.2, -0.15) is 0 Å². The lowest BCUT2D eigenvalue weighted by molar-refractivity contribution is -0.380. The molecule has 3 rings (SSSR count). The van der Waals surface area contributed by atoms with Gasteiger partial charge in [-0.15, -0.1) is 0 Å². The smallest absolute Gasteiger partial charge is 0.324 e. The lowest BCUT2D eigenvalue weighted by atomic mass is 10.3. The number of sulfonamides is 1.